The molecule has 0 bridgehead atoms. The third-order valence-corrected chi connectivity index (χ3v) is 5.66. The molecule has 2 fully saturated rings. The van der Waals surface area contributed by atoms with Crippen molar-refractivity contribution in [3.8, 4) is 0 Å². The van der Waals surface area contributed by atoms with Gasteiger partial charge in [0.1, 0.15) is 5.82 Å². The Morgan fingerprint density at radius 3 is 2.89 bits per heavy atom. The van der Waals surface area contributed by atoms with Crippen LogP contribution in [0.25, 0.3) is 0 Å². The summed E-state index contributed by atoms with van der Waals surface area (Å²) in [6.07, 6.45) is 3.64. The molecule has 1 aliphatic heterocycles. The minimum absolute atomic E-state index is 0.0578. The normalized spacial score (nSPS) is 22.8. The monoisotopic (exact) mass is 299 g/mol. The van der Waals surface area contributed by atoms with Crippen molar-refractivity contribution in [2.24, 2.45) is 5.92 Å². The Morgan fingerprint density at radius 1 is 1.42 bits per heavy atom. The molecule has 1 aromatic heterocycles. The molecule has 0 amide bonds. The second-order valence-electron chi connectivity index (χ2n) is 5.14. The minimum atomic E-state index is -0.802. The fourth-order valence-corrected chi connectivity index (χ4v) is 4.28. The zero-order valence-electron chi connectivity index (χ0n) is 10.6. The SMILES string of the molecule is O=C(O)CSc1nnc(C2CC2)n1CC1CCSC1. The number of rotatable bonds is 6. The zero-order valence-corrected chi connectivity index (χ0v) is 12.3. The fraction of sp³-hybridized carbons (Fsp3) is 0.750. The summed E-state index contributed by atoms with van der Waals surface area (Å²) in [4.78, 5) is 10.7. The van der Waals surface area contributed by atoms with E-state index in [1.54, 1.807) is 0 Å². The Balaban J connectivity index is 1.75. The Bertz CT molecular complexity index is 468. The number of nitrogens with zero attached hydrogens (tertiary/aromatic N) is 3. The van der Waals surface area contributed by atoms with Gasteiger partial charge in [0.2, 0.25) is 0 Å². The number of aromatic nitrogens is 3. The molecule has 0 radical (unpaired) electrons. The molecular formula is C12H17N3O2S2. The van der Waals surface area contributed by atoms with E-state index in [9.17, 15) is 4.79 Å². The summed E-state index contributed by atoms with van der Waals surface area (Å²) in [6.45, 7) is 0.952. The molecule has 1 N–H and O–H groups in total. The van der Waals surface area contributed by atoms with Crippen molar-refractivity contribution in [2.45, 2.75) is 36.9 Å². The molecule has 1 saturated carbocycles. The summed E-state index contributed by atoms with van der Waals surface area (Å²) in [6, 6.07) is 0. The number of thioether (sulfide) groups is 2. The molecule has 1 unspecified atom stereocenters. The van der Waals surface area contributed by atoms with E-state index < -0.39 is 5.97 Å². The van der Waals surface area contributed by atoms with Gasteiger partial charge in [0.15, 0.2) is 5.16 Å². The molecule has 1 atom stereocenters. The highest BCUT2D eigenvalue weighted by molar-refractivity contribution is 7.99. The van der Waals surface area contributed by atoms with E-state index in [4.69, 9.17) is 5.11 Å². The summed E-state index contributed by atoms with van der Waals surface area (Å²) in [5.41, 5.74) is 0. The maximum absolute atomic E-state index is 10.7. The van der Waals surface area contributed by atoms with Crippen molar-refractivity contribution in [1.82, 2.24) is 14.8 Å². The van der Waals surface area contributed by atoms with Crippen molar-refractivity contribution in [2.75, 3.05) is 17.3 Å². The molecule has 0 aromatic carbocycles. The smallest absolute Gasteiger partial charge is 0.313 e. The van der Waals surface area contributed by atoms with Crippen LogP contribution in [0.15, 0.2) is 5.16 Å². The minimum Gasteiger partial charge on any atom is -0.481 e. The average molecular weight is 299 g/mol. The molecule has 5 nitrogen and oxygen atoms in total. The van der Waals surface area contributed by atoms with Crippen molar-refractivity contribution < 1.29 is 9.90 Å². The molecule has 1 aromatic rings. The molecule has 3 rings (SSSR count). The second-order valence-corrected chi connectivity index (χ2v) is 7.23. The van der Waals surface area contributed by atoms with E-state index in [1.165, 1.54) is 42.5 Å². The van der Waals surface area contributed by atoms with E-state index >= 15 is 0 Å². The van der Waals surface area contributed by atoms with Gasteiger partial charge in [-0.2, -0.15) is 11.8 Å². The topological polar surface area (TPSA) is 68.0 Å². The lowest BCUT2D eigenvalue weighted by atomic mass is 10.1. The lowest BCUT2D eigenvalue weighted by Crippen LogP contribution is -2.14. The van der Waals surface area contributed by atoms with Crippen molar-refractivity contribution in [3.63, 3.8) is 0 Å². The van der Waals surface area contributed by atoms with Gasteiger partial charge in [-0.15, -0.1) is 10.2 Å². The van der Waals surface area contributed by atoms with Crippen LogP contribution in [0.3, 0.4) is 0 Å². The van der Waals surface area contributed by atoms with E-state index in [2.05, 4.69) is 14.8 Å². The Morgan fingerprint density at radius 2 is 2.26 bits per heavy atom. The van der Waals surface area contributed by atoms with Gasteiger partial charge in [-0.1, -0.05) is 11.8 Å². The Kier molecular flexibility index (Phi) is 4.02. The van der Waals surface area contributed by atoms with E-state index in [0.717, 1.165) is 17.5 Å². The first kappa shape index (κ1) is 13.3. The molecule has 19 heavy (non-hydrogen) atoms. The Labute approximate surface area is 120 Å². The molecule has 7 heteroatoms. The quantitative estimate of drug-likeness (QED) is 0.811. The summed E-state index contributed by atoms with van der Waals surface area (Å²) < 4.78 is 2.18. The molecule has 1 saturated heterocycles. The van der Waals surface area contributed by atoms with E-state index in [0.29, 0.717) is 11.8 Å². The maximum Gasteiger partial charge on any atom is 0.313 e. The lowest BCUT2D eigenvalue weighted by molar-refractivity contribution is -0.133. The van der Waals surface area contributed by atoms with Gasteiger partial charge in [-0.25, -0.2) is 0 Å². The van der Waals surface area contributed by atoms with Crippen molar-refractivity contribution in [1.29, 1.82) is 0 Å². The predicted octanol–water partition coefficient (Wildman–Crippen LogP) is 2.09. The van der Waals surface area contributed by atoms with Crippen LogP contribution in [0.1, 0.15) is 31.0 Å². The maximum atomic E-state index is 10.7. The summed E-state index contributed by atoms with van der Waals surface area (Å²) in [5.74, 6) is 4.01. The number of carboxylic acid groups (broad SMARTS) is 1. The first-order valence-electron chi connectivity index (χ1n) is 6.59. The van der Waals surface area contributed by atoms with Gasteiger partial charge in [-0.3, -0.25) is 4.79 Å². The van der Waals surface area contributed by atoms with Crippen molar-refractivity contribution in [3.05, 3.63) is 5.82 Å². The highest BCUT2D eigenvalue weighted by Crippen LogP contribution is 2.40. The van der Waals surface area contributed by atoms with Gasteiger partial charge in [0.25, 0.3) is 0 Å². The molecule has 2 heterocycles. The van der Waals surface area contributed by atoms with Crippen molar-refractivity contribution >= 4 is 29.5 Å². The second kappa shape index (κ2) is 5.75. The number of carbonyl (C=O) groups is 1. The number of aliphatic carboxylic acids is 1. The van der Waals surface area contributed by atoms with Gasteiger partial charge < -0.3 is 9.67 Å². The van der Waals surface area contributed by atoms with Crippen LogP contribution in [0.2, 0.25) is 0 Å². The van der Waals surface area contributed by atoms with Crippen LogP contribution in [0, 0.1) is 5.92 Å². The van der Waals surface area contributed by atoms with Gasteiger partial charge in [0, 0.05) is 12.5 Å². The summed E-state index contributed by atoms with van der Waals surface area (Å²) in [7, 11) is 0. The number of hydrogen-bond donors (Lipinski definition) is 1. The summed E-state index contributed by atoms with van der Waals surface area (Å²) in [5, 5.41) is 18.1. The summed E-state index contributed by atoms with van der Waals surface area (Å²) >= 11 is 3.29. The first-order valence-corrected chi connectivity index (χ1v) is 8.73. The van der Waals surface area contributed by atoms with Gasteiger partial charge in [0.05, 0.1) is 5.75 Å². The first-order chi connectivity index (χ1) is 9.24. The Hall–Kier alpha value is -0.690. The van der Waals surface area contributed by atoms with E-state index in [1.807, 2.05) is 11.8 Å². The molecule has 104 valence electrons. The van der Waals surface area contributed by atoms with Crippen LogP contribution in [-0.4, -0.2) is 43.1 Å². The average Bonchev–Trinajstić information content (AvgIpc) is 2.95. The molecule has 2 aliphatic rings. The van der Waals surface area contributed by atoms with Crippen LogP contribution in [-0.2, 0) is 11.3 Å². The zero-order chi connectivity index (χ0) is 13.2. The highest BCUT2D eigenvalue weighted by atomic mass is 32.2. The van der Waals surface area contributed by atoms with Gasteiger partial charge in [-0.05, 0) is 36.7 Å². The van der Waals surface area contributed by atoms with Crippen LogP contribution >= 0.6 is 23.5 Å². The number of carboxylic acids is 1. The van der Waals surface area contributed by atoms with Crippen LogP contribution in [0.4, 0.5) is 0 Å². The highest BCUT2D eigenvalue weighted by Gasteiger charge is 2.31. The largest absolute Gasteiger partial charge is 0.481 e. The lowest BCUT2D eigenvalue weighted by Gasteiger charge is -2.13. The van der Waals surface area contributed by atoms with Crippen LogP contribution in [0.5, 0.6) is 0 Å². The predicted molar refractivity (Wildman–Crippen MR) is 75.8 cm³/mol. The fourth-order valence-electron chi connectivity index (χ4n) is 2.33. The number of hydrogen-bond acceptors (Lipinski definition) is 5. The molecular weight excluding hydrogens is 282 g/mol. The van der Waals surface area contributed by atoms with E-state index in [-0.39, 0.29) is 5.75 Å². The van der Waals surface area contributed by atoms with Gasteiger partial charge >= 0.3 is 5.97 Å². The third-order valence-electron chi connectivity index (χ3n) is 3.48. The molecule has 1 aliphatic carbocycles. The standard InChI is InChI=1S/C12H17N3O2S2/c16-10(17)7-19-12-14-13-11(9-1-2-9)15(12)5-8-3-4-18-6-8/h8-9H,1-7H2,(H,16,17). The third kappa shape index (κ3) is 3.25. The molecule has 0 spiro atoms. The van der Waals surface area contributed by atoms with Crippen LogP contribution < -0.4 is 0 Å².